The summed E-state index contributed by atoms with van der Waals surface area (Å²) in [7, 11) is 0.995. The number of benzene rings is 2. The van der Waals surface area contributed by atoms with Crippen LogP contribution >= 0.6 is 0 Å². The number of carboxylic acids is 1. The first-order chi connectivity index (χ1) is 11.0. The van der Waals surface area contributed by atoms with Gasteiger partial charge in [0, 0.05) is 12.6 Å². The molecule has 2 aromatic rings. The predicted octanol–water partition coefficient (Wildman–Crippen LogP) is 0.585. The summed E-state index contributed by atoms with van der Waals surface area (Å²) < 4.78 is 17.8. The fraction of sp³-hybridized carbons (Fsp3) is 0.125. The fourth-order valence-electron chi connectivity index (χ4n) is 2.03. The van der Waals surface area contributed by atoms with E-state index in [2.05, 4.69) is 5.32 Å². The van der Waals surface area contributed by atoms with Crippen molar-refractivity contribution in [3.8, 4) is 5.75 Å². The van der Waals surface area contributed by atoms with Gasteiger partial charge in [-0.05, 0) is 30.3 Å². The van der Waals surface area contributed by atoms with Crippen LogP contribution in [0.5, 0.6) is 5.75 Å². The number of carbonyl (C=O) groups is 2. The number of aromatic carboxylic acids is 1. The minimum Gasteiger partial charge on any atom is -0.545 e. The molecule has 0 bridgehead atoms. The first-order valence-corrected chi connectivity index (χ1v) is 7.76. The largest absolute Gasteiger partial charge is 0.545 e. The molecular weight excluding hydrogens is 318 g/mol. The maximum atomic E-state index is 12.8. The second-order valence-corrected chi connectivity index (χ2v) is 5.91. The van der Waals surface area contributed by atoms with E-state index in [9.17, 15) is 18.9 Å². The number of amides is 1. The molecule has 0 unspecified atom stereocenters. The van der Waals surface area contributed by atoms with Crippen molar-refractivity contribution >= 4 is 22.7 Å². The van der Waals surface area contributed by atoms with Crippen molar-refractivity contribution in [2.75, 3.05) is 14.2 Å². The summed E-state index contributed by atoms with van der Waals surface area (Å²) in [4.78, 5) is 23.5. The van der Waals surface area contributed by atoms with Crippen molar-refractivity contribution in [3.63, 3.8) is 0 Å². The summed E-state index contributed by atoms with van der Waals surface area (Å²) in [5, 5.41) is 13.8. The Kier molecular flexibility index (Phi) is 5.13. The zero-order valence-corrected chi connectivity index (χ0v) is 13.3. The highest BCUT2D eigenvalue weighted by atomic mass is 32.2. The van der Waals surface area contributed by atoms with E-state index in [0.29, 0.717) is 5.75 Å². The molecule has 23 heavy (non-hydrogen) atoms. The maximum Gasteiger partial charge on any atom is 0.252 e. The SMILES string of the molecule is CNC(=O)c1ccccc1[S@](=O)c1ccc(OC)cc1C(=O)[O-]. The van der Waals surface area contributed by atoms with Crippen molar-refractivity contribution in [3.05, 3.63) is 53.6 Å². The van der Waals surface area contributed by atoms with Gasteiger partial charge >= 0.3 is 0 Å². The molecule has 1 atom stereocenters. The zero-order valence-electron chi connectivity index (χ0n) is 12.5. The minimum atomic E-state index is -1.86. The number of methoxy groups -OCH3 is 1. The molecule has 120 valence electrons. The van der Waals surface area contributed by atoms with Crippen LogP contribution in [0.1, 0.15) is 20.7 Å². The number of carbonyl (C=O) groups excluding carboxylic acids is 2. The van der Waals surface area contributed by atoms with E-state index < -0.39 is 22.7 Å². The van der Waals surface area contributed by atoms with Crippen molar-refractivity contribution < 1.29 is 23.6 Å². The van der Waals surface area contributed by atoms with Gasteiger partial charge in [-0.15, -0.1) is 0 Å². The van der Waals surface area contributed by atoms with Gasteiger partial charge in [-0.3, -0.25) is 4.79 Å². The van der Waals surface area contributed by atoms with E-state index in [0.717, 1.165) is 0 Å². The summed E-state index contributed by atoms with van der Waals surface area (Å²) in [6, 6.07) is 10.4. The Hall–Kier alpha value is -2.67. The molecule has 0 fully saturated rings. The molecule has 2 rings (SSSR count). The second kappa shape index (κ2) is 7.06. The van der Waals surface area contributed by atoms with E-state index in [1.54, 1.807) is 12.1 Å². The minimum absolute atomic E-state index is 0.0437. The van der Waals surface area contributed by atoms with E-state index in [-0.39, 0.29) is 20.9 Å². The summed E-state index contributed by atoms with van der Waals surface area (Å²) in [5.74, 6) is -1.56. The molecule has 7 heteroatoms. The highest BCUT2D eigenvalue weighted by Crippen LogP contribution is 2.26. The molecular formula is C16H14NO5S-. The fourth-order valence-corrected chi connectivity index (χ4v) is 3.36. The molecule has 0 spiro atoms. The Balaban J connectivity index is 2.58. The van der Waals surface area contributed by atoms with Crippen LogP contribution in [-0.4, -0.2) is 30.2 Å². The average molecular weight is 332 g/mol. The molecule has 0 aliphatic carbocycles. The Bertz CT molecular complexity index is 788. The molecule has 1 N–H and O–H groups in total. The van der Waals surface area contributed by atoms with E-state index >= 15 is 0 Å². The molecule has 0 aliphatic heterocycles. The van der Waals surface area contributed by atoms with E-state index in [1.165, 1.54) is 44.5 Å². The smallest absolute Gasteiger partial charge is 0.252 e. The lowest BCUT2D eigenvalue weighted by atomic mass is 10.2. The van der Waals surface area contributed by atoms with Crippen LogP contribution in [0.25, 0.3) is 0 Å². The Morgan fingerprint density at radius 2 is 1.74 bits per heavy atom. The van der Waals surface area contributed by atoms with Gasteiger partial charge in [0.25, 0.3) is 5.91 Å². The maximum absolute atomic E-state index is 12.8. The van der Waals surface area contributed by atoms with Gasteiger partial charge in [-0.2, -0.15) is 0 Å². The lowest BCUT2D eigenvalue weighted by Gasteiger charge is -2.13. The van der Waals surface area contributed by atoms with Crippen molar-refractivity contribution in [1.29, 1.82) is 0 Å². The van der Waals surface area contributed by atoms with Gasteiger partial charge in [0.1, 0.15) is 5.75 Å². The molecule has 0 heterocycles. The van der Waals surface area contributed by atoms with Gasteiger partial charge in [0.2, 0.25) is 0 Å². The summed E-state index contributed by atoms with van der Waals surface area (Å²) in [6.07, 6.45) is 0. The molecule has 0 saturated carbocycles. The van der Waals surface area contributed by atoms with Crippen LogP contribution < -0.4 is 15.2 Å². The van der Waals surface area contributed by atoms with Crippen LogP contribution in [0.4, 0.5) is 0 Å². The lowest BCUT2D eigenvalue weighted by molar-refractivity contribution is -0.255. The Morgan fingerprint density at radius 3 is 2.35 bits per heavy atom. The van der Waals surface area contributed by atoms with Gasteiger partial charge < -0.3 is 20.0 Å². The number of hydrogen-bond acceptors (Lipinski definition) is 5. The summed E-state index contributed by atoms with van der Waals surface area (Å²) in [5.41, 5.74) is -0.0251. The standard InChI is InChI=1S/C16H15NO5S/c1-17-15(18)11-5-3-4-6-13(11)23(21)14-8-7-10(22-2)9-12(14)16(19)20/h3-9H,1-2H3,(H,17,18)(H,19,20)/p-1/t23-/m0/s1. The predicted molar refractivity (Wildman–Crippen MR) is 81.8 cm³/mol. The first kappa shape index (κ1) is 16.7. The number of nitrogens with one attached hydrogen (secondary N) is 1. The van der Waals surface area contributed by atoms with Crippen molar-refractivity contribution in [2.24, 2.45) is 0 Å². The normalized spacial score (nSPS) is 11.6. The molecule has 1 amide bonds. The van der Waals surface area contributed by atoms with Gasteiger partial charge in [-0.1, -0.05) is 12.1 Å². The quantitative estimate of drug-likeness (QED) is 0.864. The number of carboxylic acid groups (broad SMARTS) is 1. The molecule has 0 radical (unpaired) electrons. The summed E-state index contributed by atoms with van der Waals surface area (Å²) in [6.45, 7) is 0. The Morgan fingerprint density at radius 1 is 1.09 bits per heavy atom. The average Bonchev–Trinajstić information content (AvgIpc) is 2.59. The van der Waals surface area contributed by atoms with E-state index in [4.69, 9.17) is 4.74 Å². The van der Waals surface area contributed by atoms with Crippen LogP contribution in [0.2, 0.25) is 0 Å². The highest BCUT2D eigenvalue weighted by Gasteiger charge is 2.19. The van der Waals surface area contributed by atoms with Crippen molar-refractivity contribution in [1.82, 2.24) is 5.32 Å². The monoisotopic (exact) mass is 332 g/mol. The topological polar surface area (TPSA) is 95.5 Å². The van der Waals surface area contributed by atoms with Crippen LogP contribution in [-0.2, 0) is 10.8 Å². The van der Waals surface area contributed by atoms with Crippen LogP contribution in [0, 0.1) is 0 Å². The van der Waals surface area contributed by atoms with Gasteiger partial charge in [0.15, 0.2) is 0 Å². The Labute approximate surface area is 135 Å². The van der Waals surface area contributed by atoms with E-state index in [1.807, 2.05) is 0 Å². The molecule has 0 aromatic heterocycles. The number of rotatable bonds is 5. The number of hydrogen-bond donors (Lipinski definition) is 1. The first-order valence-electron chi connectivity index (χ1n) is 6.62. The third kappa shape index (κ3) is 3.40. The number of ether oxygens (including phenoxy) is 1. The molecule has 6 nitrogen and oxygen atoms in total. The zero-order chi connectivity index (χ0) is 17.0. The third-order valence-corrected chi connectivity index (χ3v) is 4.68. The second-order valence-electron chi connectivity index (χ2n) is 4.49. The molecule has 0 saturated heterocycles. The van der Waals surface area contributed by atoms with Gasteiger partial charge in [0.05, 0.1) is 39.2 Å². The molecule has 2 aromatic carbocycles. The third-order valence-electron chi connectivity index (χ3n) is 3.16. The molecule has 0 aliphatic rings. The van der Waals surface area contributed by atoms with Crippen LogP contribution in [0.3, 0.4) is 0 Å². The lowest BCUT2D eigenvalue weighted by Crippen LogP contribution is -2.24. The summed E-state index contributed by atoms with van der Waals surface area (Å²) >= 11 is 0. The van der Waals surface area contributed by atoms with Crippen molar-refractivity contribution in [2.45, 2.75) is 9.79 Å². The van der Waals surface area contributed by atoms with Gasteiger partial charge in [-0.25, -0.2) is 4.21 Å². The highest BCUT2D eigenvalue weighted by molar-refractivity contribution is 7.85. The van der Waals surface area contributed by atoms with Crippen LogP contribution in [0.15, 0.2) is 52.3 Å².